The molecule has 4 rings (SSSR count). The third kappa shape index (κ3) is 4.13. The van der Waals surface area contributed by atoms with Gasteiger partial charge in [0.25, 0.3) is 0 Å². The Labute approximate surface area is 168 Å². The molecule has 3 atom stereocenters. The molecule has 0 aromatic heterocycles. The number of hydrogen-bond acceptors (Lipinski definition) is 3. The van der Waals surface area contributed by atoms with E-state index in [1.165, 1.54) is 12.1 Å². The molecule has 1 saturated carbocycles. The lowest BCUT2D eigenvalue weighted by molar-refractivity contribution is -0.137. The Morgan fingerprint density at radius 3 is 2.45 bits per heavy atom. The van der Waals surface area contributed by atoms with E-state index in [0.29, 0.717) is 25.1 Å². The van der Waals surface area contributed by atoms with Crippen molar-refractivity contribution < 1.29 is 22.8 Å². The highest BCUT2D eigenvalue weighted by Crippen LogP contribution is 2.49. The fourth-order valence-corrected chi connectivity index (χ4v) is 4.97. The zero-order chi connectivity index (χ0) is 20.8. The zero-order valence-corrected chi connectivity index (χ0v) is 16.2. The van der Waals surface area contributed by atoms with Crippen LogP contribution in [-0.4, -0.2) is 53.3 Å². The number of carbonyl (C=O) groups excluding carboxylic acids is 2. The van der Waals surface area contributed by atoms with Gasteiger partial charge >= 0.3 is 6.18 Å². The summed E-state index contributed by atoms with van der Waals surface area (Å²) in [6.45, 7) is 2.11. The average Bonchev–Trinajstić information content (AvgIpc) is 3.34. The van der Waals surface area contributed by atoms with E-state index in [4.69, 9.17) is 5.73 Å². The third-order valence-corrected chi connectivity index (χ3v) is 6.62. The molecule has 3 unspecified atom stereocenters. The fraction of sp³-hybridized carbons (Fsp3) is 0.619. The van der Waals surface area contributed by atoms with E-state index in [2.05, 4.69) is 4.90 Å². The summed E-state index contributed by atoms with van der Waals surface area (Å²) in [4.78, 5) is 28.5. The number of carbonyl (C=O) groups is 2. The van der Waals surface area contributed by atoms with Crippen molar-refractivity contribution in [3.63, 3.8) is 0 Å². The molecular formula is C21H26F3N3O2. The normalized spacial score (nSPS) is 28.5. The molecule has 2 heterocycles. The van der Waals surface area contributed by atoms with Crippen molar-refractivity contribution in [3.05, 3.63) is 35.4 Å². The van der Waals surface area contributed by atoms with E-state index < -0.39 is 11.7 Å². The summed E-state index contributed by atoms with van der Waals surface area (Å²) in [7, 11) is 0. The number of benzene rings is 1. The number of nitrogens with two attached hydrogens (primary N) is 1. The van der Waals surface area contributed by atoms with Crippen LogP contribution in [0.2, 0.25) is 0 Å². The summed E-state index contributed by atoms with van der Waals surface area (Å²) in [5.41, 5.74) is 5.44. The minimum absolute atomic E-state index is 0.0405. The maximum atomic E-state index is 12.9. The Morgan fingerprint density at radius 2 is 1.79 bits per heavy atom. The minimum atomic E-state index is -4.37. The fourth-order valence-electron chi connectivity index (χ4n) is 4.97. The van der Waals surface area contributed by atoms with Crippen molar-refractivity contribution in [2.24, 2.45) is 11.7 Å². The van der Waals surface area contributed by atoms with Crippen molar-refractivity contribution in [3.8, 4) is 0 Å². The molecule has 5 nitrogen and oxygen atoms in total. The highest BCUT2D eigenvalue weighted by Gasteiger charge is 2.47. The van der Waals surface area contributed by atoms with Crippen LogP contribution in [0.15, 0.2) is 24.3 Å². The topological polar surface area (TPSA) is 66.6 Å². The highest BCUT2D eigenvalue weighted by atomic mass is 19.4. The average molecular weight is 409 g/mol. The van der Waals surface area contributed by atoms with Crippen molar-refractivity contribution >= 4 is 11.8 Å². The first-order chi connectivity index (χ1) is 13.8. The molecule has 0 radical (unpaired) electrons. The molecule has 1 aromatic carbocycles. The largest absolute Gasteiger partial charge is 0.416 e. The minimum Gasteiger partial charge on any atom is -0.368 e. The van der Waals surface area contributed by atoms with Crippen LogP contribution in [-0.2, 0) is 15.8 Å². The van der Waals surface area contributed by atoms with Crippen LogP contribution < -0.4 is 5.73 Å². The van der Waals surface area contributed by atoms with Crippen LogP contribution in [0.1, 0.15) is 49.1 Å². The first kappa shape index (κ1) is 20.2. The summed E-state index contributed by atoms with van der Waals surface area (Å²) in [5, 5.41) is 0. The van der Waals surface area contributed by atoms with Crippen molar-refractivity contribution in [2.75, 3.05) is 19.6 Å². The summed E-state index contributed by atoms with van der Waals surface area (Å²) < 4.78 is 38.8. The van der Waals surface area contributed by atoms with Crippen molar-refractivity contribution in [1.82, 2.24) is 9.80 Å². The quantitative estimate of drug-likeness (QED) is 0.832. The van der Waals surface area contributed by atoms with Gasteiger partial charge in [0.05, 0.1) is 11.6 Å². The van der Waals surface area contributed by atoms with Crippen molar-refractivity contribution in [1.29, 1.82) is 0 Å². The van der Waals surface area contributed by atoms with Gasteiger partial charge in [0.15, 0.2) is 0 Å². The molecule has 2 N–H and O–H groups in total. The molecular weight excluding hydrogens is 383 g/mol. The van der Waals surface area contributed by atoms with E-state index >= 15 is 0 Å². The van der Waals surface area contributed by atoms with E-state index in [-0.39, 0.29) is 35.7 Å². The van der Waals surface area contributed by atoms with Gasteiger partial charge in [0.2, 0.25) is 11.8 Å². The van der Waals surface area contributed by atoms with Gasteiger partial charge in [0.1, 0.15) is 0 Å². The number of primary amides is 1. The van der Waals surface area contributed by atoms with Gasteiger partial charge in [-0.1, -0.05) is 18.2 Å². The third-order valence-electron chi connectivity index (χ3n) is 6.62. The van der Waals surface area contributed by atoms with E-state index in [1.807, 2.05) is 4.90 Å². The van der Waals surface area contributed by atoms with E-state index in [1.54, 1.807) is 6.07 Å². The molecule has 158 valence electrons. The van der Waals surface area contributed by atoms with Gasteiger partial charge in [-0.25, -0.2) is 0 Å². The number of nitrogens with zero attached hydrogens (tertiary/aromatic N) is 2. The van der Waals surface area contributed by atoms with Crippen LogP contribution in [0.5, 0.6) is 0 Å². The number of piperidine rings is 1. The Morgan fingerprint density at radius 1 is 1.07 bits per heavy atom. The lowest BCUT2D eigenvalue weighted by Crippen LogP contribution is -2.51. The zero-order valence-electron chi connectivity index (χ0n) is 16.2. The lowest BCUT2D eigenvalue weighted by Gasteiger charge is -2.38. The van der Waals surface area contributed by atoms with Gasteiger partial charge in [-0.15, -0.1) is 0 Å². The molecule has 8 heteroatoms. The predicted molar refractivity (Wildman–Crippen MR) is 101 cm³/mol. The Kier molecular flexibility index (Phi) is 5.31. The van der Waals surface area contributed by atoms with Gasteiger partial charge in [-0.05, 0) is 56.2 Å². The molecule has 29 heavy (non-hydrogen) atoms. The van der Waals surface area contributed by atoms with Gasteiger partial charge in [-0.2, -0.15) is 13.2 Å². The lowest BCUT2D eigenvalue weighted by atomic mass is 10.0. The number of hydrogen-bond donors (Lipinski definition) is 1. The van der Waals surface area contributed by atoms with Crippen LogP contribution in [0, 0.1) is 5.92 Å². The maximum absolute atomic E-state index is 12.9. The number of likely N-dealkylation sites (tertiary alicyclic amines) is 2. The second kappa shape index (κ2) is 7.63. The Hall–Kier alpha value is -2.09. The number of amides is 2. The monoisotopic (exact) mass is 409 g/mol. The molecule has 3 aliphatic rings. The summed E-state index contributed by atoms with van der Waals surface area (Å²) in [5.74, 6) is -0.581. The standard InChI is InChI=1S/C21H26F3N3O2/c22-21(23,24)14-4-1-3-13(11-14)16-12-17(16)20(29)26-9-6-15(7-10-26)27-8-2-5-18(27)19(25)28/h1,3-4,11,15-18H,2,5-10,12H2,(H2,25,28). The molecule has 2 aliphatic heterocycles. The first-order valence-corrected chi connectivity index (χ1v) is 10.3. The number of alkyl halides is 3. The summed E-state index contributed by atoms with van der Waals surface area (Å²) in [6.07, 6.45) is -0.393. The van der Waals surface area contributed by atoms with Crippen LogP contribution in [0.25, 0.3) is 0 Å². The SMILES string of the molecule is NC(=O)C1CCCN1C1CCN(C(=O)C2CC2c2cccc(C(F)(F)F)c2)CC1. The van der Waals surface area contributed by atoms with E-state index in [9.17, 15) is 22.8 Å². The second-order valence-corrected chi connectivity index (χ2v) is 8.43. The second-order valence-electron chi connectivity index (χ2n) is 8.43. The number of halogens is 3. The molecule has 2 amide bonds. The van der Waals surface area contributed by atoms with Crippen LogP contribution in [0.4, 0.5) is 13.2 Å². The Bertz CT molecular complexity index is 790. The van der Waals surface area contributed by atoms with Gasteiger partial charge in [0, 0.05) is 25.0 Å². The van der Waals surface area contributed by atoms with E-state index in [0.717, 1.165) is 38.3 Å². The van der Waals surface area contributed by atoms with Crippen molar-refractivity contribution in [2.45, 2.75) is 56.3 Å². The van der Waals surface area contributed by atoms with Crippen LogP contribution >= 0.6 is 0 Å². The predicted octanol–water partition coefficient (Wildman–Crippen LogP) is 2.75. The van der Waals surface area contributed by atoms with Crippen LogP contribution in [0.3, 0.4) is 0 Å². The van der Waals surface area contributed by atoms with Gasteiger partial charge in [-0.3, -0.25) is 14.5 Å². The number of rotatable bonds is 4. The molecule has 0 spiro atoms. The summed E-state index contributed by atoms with van der Waals surface area (Å²) >= 11 is 0. The Balaban J connectivity index is 1.33. The molecule has 1 aliphatic carbocycles. The molecule has 0 bridgehead atoms. The summed E-state index contributed by atoms with van der Waals surface area (Å²) in [6, 6.07) is 5.38. The molecule has 1 aromatic rings. The maximum Gasteiger partial charge on any atom is 0.416 e. The highest BCUT2D eigenvalue weighted by molar-refractivity contribution is 5.83. The molecule has 2 saturated heterocycles. The smallest absolute Gasteiger partial charge is 0.368 e. The first-order valence-electron chi connectivity index (χ1n) is 10.3. The van der Waals surface area contributed by atoms with Gasteiger partial charge < -0.3 is 10.6 Å². The molecule has 3 fully saturated rings.